The van der Waals surface area contributed by atoms with Gasteiger partial charge in [0, 0.05) is 7.05 Å². The number of benzene rings is 2. The number of thioether (sulfide) groups is 1. The van der Waals surface area contributed by atoms with Crippen LogP contribution in [0.4, 0.5) is 5.69 Å². The van der Waals surface area contributed by atoms with Crippen LogP contribution in [0.25, 0.3) is 5.69 Å². The maximum Gasteiger partial charge on any atom is 0.295 e. The number of anilines is 1. The molecule has 0 saturated carbocycles. The minimum Gasteiger partial charge on any atom is -0.288 e. The van der Waals surface area contributed by atoms with E-state index >= 15 is 0 Å². The lowest BCUT2D eigenvalue weighted by molar-refractivity contribution is -0.115. The summed E-state index contributed by atoms with van der Waals surface area (Å²) in [5.74, 6) is 0.343. The van der Waals surface area contributed by atoms with E-state index in [0.717, 1.165) is 16.9 Å². The third kappa shape index (κ3) is 2.88. The van der Waals surface area contributed by atoms with E-state index in [1.807, 2.05) is 49.0 Å². The highest BCUT2D eigenvalue weighted by molar-refractivity contribution is 8.00. The van der Waals surface area contributed by atoms with Crippen LogP contribution >= 0.6 is 11.8 Å². The minimum absolute atomic E-state index is 0.0285. The molecule has 1 aliphatic rings. The first-order valence-corrected chi connectivity index (χ1v) is 10.3. The third-order valence-electron chi connectivity index (χ3n) is 5.45. The molecular weight excluding hydrogens is 370 g/mol. The Labute approximate surface area is 168 Å². The van der Waals surface area contributed by atoms with E-state index < -0.39 is 0 Å². The fourth-order valence-electron chi connectivity index (χ4n) is 3.66. The van der Waals surface area contributed by atoms with E-state index in [2.05, 4.69) is 32.0 Å². The summed E-state index contributed by atoms with van der Waals surface area (Å²) >= 11 is 1.57. The van der Waals surface area contributed by atoms with Crippen LogP contribution in [0.1, 0.15) is 27.8 Å². The lowest BCUT2D eigenvalue weighted by atomic mass is 10.1. The van der Waals surface area contributed by atoms with E-state index in [-0.39, 0.29) is 16.8 Å². The van der Waals surface area contributed by atoms with Crippen LogP contribution in [0.5, 0.6) is 0 Å². The Kier molecular flexibility index (Phi) is 4.67. The largest absolute Gasteiger partial charge is 0.295 e. The SMILES string of the molecule is Cc1ccc(C2SCC(=O)N2c2c(C)n(C)n(-c3ccccc3)c2=O)cc1C. The molecule has 5 nitrogen and oxygen atoms in total. The van der Waals surface area contributed by atoms with E-state index in [0.29, 0.717) is 11.4 Å². The second kappa shape index (κ2) is 7.02. The summed E-state index contributed by atoms with van der Waals surface area (Å²) in [5.41, 5.74) is 5.30. The first-order chi connectivity index (χ1) is 13.4. The fourth-order valence-corrected chi connectivity index (χ4v) is 4.81. The minimum atomic E-state index is -0.190. The Balaban J connectivity index is 1.86. The van der Waals surface area contributed by atoms with Crippen molar-refractivity contribution >= 4 is 23.4 Å². The van der Waals surface area contributed by atoms with Crippen LogP contribution in [0.2, 0.25) is 0 Å². The molecular formula is C22H23N3O2S. The Hall–Kier alpha value is -2.73. The van der Waals surface area contributed by atoms with Crippen LogP contribution < -0.4 is 10.5 Å². The van der Waals surface area contributed by atoms with Crippen molar-refractivity contribution in [2.75, 3.05) is 10.7 Å². The molecule has 1 atom stereocenters. The number of amides is 1. The summed E-state index contributed by atoms with van der Waals surface area (Å²) in [7, 11) is 1.85. The number of para-hydroxylation sites is 1. The van der Waals surface area contributed by atoms with E-state index in [1.54, 1.807) is 21.3 Å². The zero-order chi connectivity index (χ0) is 20.0. The number of aromatic nitrogens is 2. The molecule has 2 heterocycles. The Morgan fingerprint density at radius 1 is 0.964 bits per heavy atom. The van der Waals surface area contributed by atoms with Gasteiger partial charge >= 0.3 is 0 Å². The topological polar surface area (TPSA) is 47.2 Å². The lowest BCUT2D eigenvalue weighted by Gasteiger charge is -2.23. The smallest absolute Gasteiger partial charge is 0.288 e. The Bertz CT molecular complexity index is 1110. The van der Waals surface area contributed by atoms with Crippen LogP contribution in [-0.4, -0.2) is 21.0 Å². The number of aryl methyl sites for hydroxylation is 2. The summed E-state index contributed by atoms with van der Waals surface area (Å²) in [6.07, 6.45) is 0. The number of rotatable bonds is 3. The van der Waals surface area contributed by atoms with Crippen molar-refractivity contribution in [2.24, 2.45) is 7.05 Å². The van der Waals surface area contributed by atoms with Crippen molar-refractivity contribution in [1.29, 1.82) is 0 Å². The quantitative estimate of drug-likeness (QED) is 0.678. The van der Waals surface area contributed by atoms with Gasteiger partial charge < -0.3 is 0 Å². The van der Waals surface area contributed by atoms with Gasteiger partial charge in [-0.1, -0.05) is 36.4 Å². The maximum absolute atomic E-state index is 13.4. The normalized spacial score (nSPS) is 16.8. The molecule has 3 aromatic rings. The molecule has 6 heteroatoms. The molecule has 0 N–H and O–H groups in total. The molecule has 1 saturated heterocycles. The first kappa shape index (κ1) is 18.6. The molecule has 144 valence electrons. The number of hydrogen-bond acceptors (Lipinski definition) is 3. The van der Waals surface area contributed by atoms with Crippen molar-refractivity contribution in [3.8, 4) is 5.69 Å². The molecule has 0 spiro atoms. The summed E-state index contributed by atoms with van der Waals surface area (Å²) < 4.78 is 3.44. The van der Waals surface area contributed by atoms with E-state index in [4.69, 9.17) is 0 Å². The van der Waals surface area contributed by atoms with Gasteiger partial charge in [-0.05, 0) is 49.6 Å². The van der Waals surface area contributed by atoms with Gasteiger partial charge in [-0.25, -0.2) is 4.68 Å². The van der Waals surface area contributed by atoms with Crippen LogP contribution in [0.3, 0.4) is 0 Å². The molecule has 1 aromatic heterocycles. The molecule has 1 unspecified atom stereocenters. The summed E-state index contributed by atoms with van der Waals surface area (Å²) in [6, 6.07) is 15.8. The maximum atomic E-state index is 13.4. The first-order valence-electron chi connectivity index (χ1n) is 9.25. The van der Waals surface area contributed by atoms with Crippen molar-refractivity contribution in [3.63, 3.8) is 0 Å². The van der Waals surface area contributed by atoms with Gasteiger partial charge in [0.05, 0.1) is 17.1 Å². The molecule has 4 rings (SSSR count). The number of nitrogens with zero attached hydrogens (tertiary/aromatic N) is 3. The van der Waals surface area contributed by atoms with Crippen molar-refractivity contribution in [3.05, 3.63) is 81.3 Å². The molecule has 0 radical (unpaired) electrons. The molecule has 0 bridgehead atoms. The Morgan fingerprint density at radius 3 is 2.36 bits per heavy atom. The number of carbonyl (C=O) groups excluding carboxylic acids is 1. The highest BCUT2D eigenvalue weighted by Crippen LogP contribution is 2.42. The van der Waals surface area contributed by atoms with Crippen molar-refractivity contribution < 1.29 is 4.79 Å². The average Bonchev–Trinajstić information content (AvgIpc) is 3.15. The average molecular weight is 394 g/mol. The second-order valence-corrected chi connectivity index (χ2v) is 8.25. The van der Waals surface area contributed by atoms with Crippen molar-refractivity contribution in [1.82, 2.24) is 9.36 Å². The fraction of sp³-hybridized carbons (Fsp3) is 0.273. The zero-order valence-electron chi connectivity index (χ0n) is 16.5. The van der Waals surface area contributed by atoms with Gasteiger partial charge in [0.1, 0.15) is 11.1 Å². The lowest BCUT2D eigenvalue weighted by Crippen LogP contribution is -2.33. The second-order valence-electron chi connectivity index (χ2n) is 7.18. The predicted octanol–water partition coefficient (Wildman–Crippen LogP) is 3.88. The molecule has 1 fully saturated rings. The molecule has 1 aliphatic heterocycles. The highest BCUT2D eigenvalue weighted by atomic mass is 32.2. The van der Waals surface area contributed by atoms with Crippen LogP contribution in [0, 0.1) is 20.8 Å². The van der Waals surface area contributed by atoms with Gasteiger partial charge in [-0.15, -0.1) is 11.8 Å². The van der Waals surface area contributed by atoms with Gasteiger partial charge in [0.15, 0.2) is 0 Å². The van der Waals surface area contributed by atoms with Gasteiger partial charge in [-0.2, -0.15) is 0 Å². The Morgan fingerprint density at radius 2 is 1.68 bits per heavy atom. The predicted molar refractivity (Wildman–Crippen MR) is 114 cm³/mol. The molecule has 0 aliphatic carbocycles. The van der Waals surface area contributed by atoms with Crippen LogP contribution in [0.15, 0.2) is 53.3 Å². The number of hydrogen-bond donors (Lipinski definition) is 0. The standard InChI is InChI=1S/C22H23N3O2S/c1-14-10-11-17(12-15(14)2)22-24(19(26)13-28-22)20-16(3)23(4)25(21(20)27)18-8-6-5-7-9-18/h5-12,22H,13H2,1-4H3. The van der Waals surface area contributed by atoms with E-state index in [9.17, 15) is 9.59 Å². The third-order valence-corrected chi connectivity index (χ3v) is 6.66. The monoisotopic (exact) mass is 393 g/mol. The summed E-state index contributed by atoms with van der Waals surface area (Å²) in [5, 5.41) is -0.190. The molecule has 2 aromatic carbocycles. The van der Waals surface area contributed by atoms with E-state index in [1.165, 1.54) is 11.1 Å². The summed E-state index contributed by atoms with van der Waals surface area (Å²) in [4.78, 5) is 27.9. The number of carbonyl (C=O) groups is 1. The zero-order valence-corrected chi connectivity index (χ0v) is 17.3. The summed E-state index contributed by atoms with van der Waals surface area (Å²) in [6.45, 7) is 6.04. The van der Waals surface area contributed by atoms with Crippen molar-refractivity contribution in [2.45, 2.75) is 26.1 Å². The van der Waals surface area contributed by atoms with Gasteiger partial charge in [-0.3, -0.25) is 19.2 Å². The molecule has 1 amide bonds. The van der Waals surface area contributed by atoms with Gasteiger partial charge in [0.2, 0.25) is 5.91 Å². The van der Waals surface area contributed by atoms with Gasteiger partial charge in [0.25, 0.3) is 5.56 Å². The highest BCUT2D eigenvalue weighted by Gasteiger charge is 2.38. The molecule has 28 heavy (non-hydrogen) atoms. The van der Waals surface area contributed by atoms with Crippen LogP contribution in [-0.2, 0) is 11.8 Å².